The van der Waals surface area contributed by atoms with E-state index in [4.69, 9.17) is 9.47 Å². The summed E-state index contributed by atoms with van der Waals surface area (Å²) in [7, 11) is 0. The Balaban J connectivity index is 1.37. The van der Waals surface area contributed by atoms with E-state index in [1.807, 2.05) is 55.5 Å². The average molecular weight is 337 g/mol. The zero-order chi connectivity index (χ0) is 17.2. The van der Waals surface area contributed by atoms with Gasteiger partial charge in [0, 0.05) is 5.69 Å². The van der Waals surface area contributed by atoms with Crippen LogP contribution < -0.4 is 10.1 Å². The van der Waals surface area contributed by atoms with Gasteiger partial charge in [0.25, 0.3) is 0 Å². The van der Waals surface area contributed by atoms with Crippen LogP contribution in [0.5, 0.6) is 5.75 Å². The first-order valence-corrected chi connectivity index (χ1v) is 8.93. The summed E-state index contributed by atoms with van der Waals surface area (Å²) in [4.78, 5) is 12.5. The van der Waals surface area contributed by atoms with Gasteiger partial charge in [-0.2, -0.15) is 0 Å². The van der Waals surface area contributed by atoms with Gasteiger partial charge in [0.15, 0.2) is 0 Å². The van der Waals surface area contributed by atoms with Crippen molar-refractivity contribution in [1.29, 1.82) is 0 Å². The minimum atomic E-state index is -0.00726. The molecule has 2 saturated heterocycles. The maximum absolute atomic E-state index is 12.5. The standard InChI is InChI=1S/C21H23NO3/c1-14-11-16(24-13-15-5-3-2-4-6-15)7-9-19(14)22-21(23)18-12-17-8-10-20(18)25-17/h2-7,9,11,17-18,20H,8,10,12-13H2,1H3,(H,22,23)/t17-,18-,20+/m1/s1. The maximum atomic E-state index is 12.5. The molecular weight excluding hydrogens is 314 g/mol. The van der Waals surface area contributed by atoms with Crippen molar-refractivity contribution in [3.8, 4) is 5.75 Å². The van der Waals surface area contributed by atoms with Crippen LogP contribution in [0.2, 0.25) is 0 Å². The first-order valence-electron chi connectivity index (χ1n) is 8.93. The highest BCUT2D eigenvalue weighted by Crippen LogP contribution is 2.39. The summed E-state index contributed by atoms with van der Waals surface area (Å²) in [5, 5.41) is 3.06. The van der Waals surface area contributed by atoms with E-state index in [2.05, 4.69) is 5.32 Å². The fourth-order valence-corrected chi connectivity index (χ4v) is 3.75. The van der Waals surface area contributed by atoms with Crippen LogP contribution in [0.15, 0.2) is 48.5 Å². The van der Waals surface area contributed by atoms with Crippen LogP contribution in [0.3, 0.4) is 0 Å². The number of nitrogens with one attached hydrogen (secondary N) is 1. The highest BCUT2D eigenvalue weighted by atomic mass is 16.5. The summed E-state index contributed by atoms with van der Waals surface area (Å²) in [6, 6.07) is 15.9. The topological polar surface area (TPSA) is 47.6 Å². The number of amides is 1. The van der Waals surface area contributed by atoms with E-state index >= 15 is 0 Å². The fourth-order valence-electron chi connectivity index (χ4n) is 3.75. The lowest BCUT2D eigenvalue weighted by atomic mass is 9.88. The Hall–Kier alpha value is -2.33. The summed E-state index contributed by atoms with van der Waals surface area (Å²) in [6.07, 6.45) is 3.36. The number of fused-ring (bicyclic) bond motifs is 2. The zero-order valence-corrected chi connectivity index (χ0v) is 14.4. The second kappa shape index (κ2) is 6.89. The molecule has 0 radical (unpaired) electrons. The van der Waals surface area contributed by atoms with Crippen molar-refractivity contribution < 1.29 is 14.3 Å². The van der Waals surface area contributed by atoms with Gasteiger partial charge in [-0.05, 0) is 55.5 Å². The molecule has 0 unspecified atom stereocenters. The molecule has 2 aliphatic rings. The van der Waals surface area contributed by atoms with Gasteiger partial charge in [0.05, 0.1) is 18.1 Å². The SMILES string of the molecule is Cc1cc(OCc2ccccc2)ccc1NC(=O)[C@@H]1C[C@H]2CC[C@@H]1O2. The molecule has 2 heterocycles. The molecule has 130 valence electrons. The zero-order valence-electron chi connectivity index (χ0n) is 14.4. The molecule has 4 heteroatoms. The van der Waals surface area contributed by atoms with Crippen molar-refractivity contribution in [3.63, 3.8) is 0 Å². The molecule has 1 amide bonds. The van der Waals surface area contributed by atoms with Crippen LogP contribution in [0.4, 0.5) is 5.69 Å². The first kappa shape index (κ1) is 16.2. The lowest BCUT2D eigenvalue weighted by Crippen LogP contribution is -2.30. The third-order valence-electron chi connectivity index (χ3n) is 5.15. The van der Waals surface area contributed by atoms with Crippen LogP contribution in [-0.4, -0.2) is 18.1 Å². The molecule has 4 rings (SSSR count). The van der Waals surface area contributed by atoms with Gasteiger partial charge in [-0.25, -0.2) is 0 Å². The number of benzene rings is 2. The summed E-state index contributed by atoms with van der Waals surface area (Å²) in [6.45, 7) is 2.52. The predicted octanol–water partition coefficient (Wildman–Crippen LogP) is 4.08. The van der Waals surface area contributed by atoms with Gasteiger partial charge >= 0.3 is 0 Å². The van der Waals surface area contributed by atoms with Gasteiger partial charge in [0.2, 0.25) is 5.91 Å². The lowest BCUT2D eigenvalue weighted by molar-refractivity contribution is -0.121. The van der Waals surface area contributed by atoms with E-state index in [1.54, 1.807) is 0 Å². The molecule has 0 aliphatic carbocycles. The van der Waals surface area contributed by atoms with Crippen LogP contribution in [0, 0.1) is 12.8 Å². The highest BCUT2D eigenvalue weighted by molar-refractivity contribution is 5.94. The summed E-state index contributed by atoms with van der Waals surface area (Å²) < 4.78 is 11.6. The summed E-state index contributed by atoms with van der Waals surface area (Å²) in [5.74, 6) is 0.878. The normalized spacial score (nSPS) is 24.3. The molecule has 25 heavy (non-hydrogen) atoms. The Kier molecular flexibility index (Phi) is 4.45. The quantitative estimate of drug-likeness (QED) is 0.894. The molecule has 0 saturated carbocycles. The highest BCUT2D eigenvalue weighted by Gasteiger charge is 2.44. The minimum Gasteiger partial charge on any atom is -0.489 e. The number of aryl methyl sites for hydroxylation is 1. The molecule has 2 bridgehead atoms. The average Bonchev–Trinajstić information content (AvgIpc) is 3.26. The fraction of sp³-hybridized carbons (Fsp3) is 0.381. The second-order valence-corrected chi connectivity index (χ2v) is 6.96. The van der Waals surface area contributed by atoms with E-state index < -0.39 is 0 Å². The van der Waals surface area contributed by atoms with Crippen molar-refractivity contribution in [2.45, 2.75) is 45.0 Å². The number of ether oxygens (including phenoxy) is 2. The number of rotatable bonds is 5. The lowest BCUT2D eigenvalue weighted by Gasteiger charge is -2.19. The number of carbonyl (C=O) groups excluding carboxylic acids is 1. The van der Waals surface area contributed by atoms with Crippen molar-refractivity contribution >= 4 is 11.6 Å². The Labute approximate surface area is 148 Å². The number of hydrogen-bond donors (Lipinski definition) is 1. The van der Waals surface area contributed by atoms with Crippen molar-refractivity contribution in [3.05, 3.63) is 59.7 Å². The van der Waals surface area contributed by atoms with Gasteiger partial charge < -0.3 is 14.8 Å². The third-order valence-corrected chi connectivity index (χ3v) is 5.15. The van der Waals surface area contributed by atoms with Crippen molar-refractivity contribution in [1.82, 2.24) is 0 Å². The van der Waals surface area contributed by atoms with Crippen LogP contribution >= 0.6 is 0 Å². The molecular formula is C21H23NO3. The Morgan fingerprint density at radius 3 is 2.72 bits per heavy atom. The van der Waals surface area contributed by atoms with E-state index in [0.29, 0.717) is 6.61 Å². The molecule has 0 aromatic heterocycles. The predicted molar refractivity (Wildman–Crippen MR) is 96.6 cm³/mol. The van der Waals surface area contributed by atoms with Gasteiger partial charge in [-0.3, -0.25) is 4.79 Å². The Morgan fingerprint density at radius 1 is 1.20 bits per heavy atom. The van der Waals surface area contributed by atoms with Gasteiger partial charge in [-0.15, -0.1) is 0 Å². The van der Waals surface area contributed by atoms with E-state index in [1.165, 1.54) is 0 Å². The molecule has 4 nitrogen and oxygen atoms in total. The maximum Gasteiger partial charge on any atom is 0.230 e. The van der Waals surface area contributed by atoms with Crippen LogP contribution in [-0.2, 0) is 16.1 Å². The third kappa shape index (κ3) is 3.54. The smallest absolute Gasteiger partial charge is 0.230 e. The second-order valence-electron chi connectivity index (χ2n) is 6.96. The molecule has 3 atom stereocenters. The molecule has 1 N–H and O–H groups in total. The summed E-state index contributed by atoms with van der Waals surface area (Å²) in [5.41, 5.74) is 2.98. The number of hydrogen-bond acceptors (Lipinski definition) is 3. The van der Waals surface area contributed by atoms with E-state index in [-0.39, 0.29) is 24.0 Å². The molecule has 2 aliphatic heterocycles. The Bertz CT molecular complexity index is 759. The molecule has 2 aromatic rings. The van der Waals surface area contributed by atoms with Gasteiger partial charge in [-0.1, -0.05) is 30.3 Å². The first-order chi connectivity index (χ1) is 12.2. The van der Waals surface area contributed by atoms with Crippen molar-refractivity contribution in [2.75, 3.05) is 5.32 Å². The summed E-state index contributed by atoms with van der Waals surface area (Å²) >= 11 is 0. The minimum absolute atomic E-state index is 0.00726. The molecule has 2 fully saturated rings. The van der Waals surface area contributed by atoms with E-state index in [0.717, 1.165) is 41.8 Å². The van der Waals surface area contributed by atoms with Crippen molar-refractivity contribution in [2.24, 2.45) is 5.92 Å². The number of carbonyl (C=O) groups is 1. The van der Waals surface area contributed by atoms with E-state index in [9.17, 15) is 4.79 Å². The molecule has 0 spiro atoms. The molecule has 2 aromatic carbocycles. The largest absolute Gasteiger partial charge is 0.489 e. The van der Waals surface area contributed by atoms with Gasteiger partial charge in [0.1, 0.15) is 12.4 Å². The Morgan fingerprint density at radius 2 is 2.04 bits per heavy atom. The van der Waals surface area contributed by atoms with Crippen LogP contribution in [0.1, 0.15) is 30.4 Å². The monoisotopic (exact) mass is 337 g/mol. The van der Waals surface area contributed by atoms with Crippen LogP contribution in [0.25, 0.3) is 0 Å². The number of anilines is 1.